The van der Waals surface area contributed by atoms with Gasteiger partial charge in [-0.2, -0.15) is 0 Å². The Labute approximate surface area is 147 Å². The fourth-order valence-electron chi connectivity index (χ4n) is 3.19. The molecule has 0 radical (unpaired) electrons. The highest BCUT2D eigenvalue weighted by Gasteiger charge is 2.41. The summed E-state index contributed by atoms with van der Waals surface area (Å²) in [7, 11) is 1.58. The first kappa shape index (κ1) is 17.3. The van der Waals surface area contributed by atoms with Crippen molar-refractivity contribution in [2.45, 2.75) is 44.0 Å². The average molecular weight is 354 g/mol. The zero-order chi connectivity index (χ0) is 17.0. The van der Waals surface area contributed by atoms with Crippen LogP contribution in [0.5, 0.6) is 5.75 Å². The summed E-state index contributed by atoms with van der Waals surface area (Å²) in [5.74, 6) is 0.570. The second-order valence-corrected chi connectivity index (χ2v) is 6.63. The van der Waals surface area contributed by atoms with Crippen LogP contribution >= 0.6 is 11.6 Å². The summed E-state index contributed by atoms with van der Waals surface area (Å²) in [6.07, 6.45) is 5.51. The molecule has 1 aromatic carbocycles. The molecule has 1 saturated carbocycles. The van der Waals surface area contributed by atoms with Crippen molar-refractivity contribution < 1.29 is 14.2 Å². The fourth-order valence-corrected chi connectivity index (χ4v) is 3.45. The van der Waals surface area contributed by atoms with Gasteiger partial charge in [0.15, 0.2) is 11.7 Å². The van der Waals surface area contributed by atoms with Gasteiger partial charge in [-0.15, -0.1) is 0 Å². The van der Waals surface area contributed by atoms with Gasteiger partial charge in [0.05, 0.1) is 25.3 Å². The van der Waals surface area contributed by atoms with Crippen molar-refractivity contribution in [3.63, 3.8) is 0 Å². The van der Waals surface area contributed by atoms with Crippen LogP contribution in [0.1, 0.15) is 32.1 Å². The number of nitrogens with one attached hydrogen (secondary N) is 1. The highest BCUT2D eigenvalue weighted by molar-refractivity contribution is 6.32. The van der Waals surface area contributed by atoms with Gasteiger partial charge in [-0.1, -0.05) is 18.0 Å². The number of rotatable bonds is 4. The minimum atomic E-state index is -0.371. The van der Waals surface area contributed by atoms with Crippen molar-refractivity contribution in [3.8, 4) is 5.75 Å². The van der Waals surface area contributed by atoms with Gasteiger partial charge in [0.1, 0.15) is 11.9 Å². The highest BCUT2D eigenvalue weighted by atomic mass is 35.5. The largest absolute Gasteiger partial charge is 0.495 e. The Balaban J connectivity index is 1.52. The molecule has 1 aliphatic heterocycles. The molecule has 24 heavy (non-hydrogen) atoms. The van der Waals surface area contributed by atoms with Gasteiger partial charge in [-0.25, -0.2) is 0 Å². The van der Waals surface area contributed by atoms with Gasteiger partial charge < -0.3 is 25.3 Å². The molecule has 0 aromatic heterocycles. The Morgan fingerprint density at radius 1 is 1.42 bits per heavy atom. The summed E-state index contributed by atoms with van der Waals surface area (Å²) in [4.78, 5) is 4.36. The Morgan fingerprint density at radius 3 is 2.92 bits per heavy atom. The molecule has 1 atom stereocenters. The molecule has 1 spiro atoms. The Kier molecular flexibility index (Phi) is 5.48. The van der Waals surface area contributed by atoms with E-state index in [1.807, 2.05) is 6.07 Å². The first-order valence-electron chi connectivity index (χ1n) is 8.32. The number of anilines is 1. The summed E-state index contributed by atoms with van der Waals surface area (Å²) in [5.41, 5.74) is 6.70. The molecule has 3 rings (SSSR count). The Morgan fingerprint density at radius 2 is 2.21 bits per heavy atom. The number of ether oxygens (including phenoxy) is 3. The van der Waals surface area contributed by atoms with Crippen molar-refractivity contribution in [2.24, 2.45) is 10.7 Å². The number of methoxy groups -OCH3 is 1. The van der Waals surface area contributed by atoms with Crippen molar-refractivity contribution >= 4 is 23.2 Å². The third-order valence-corrected chi connectivity index (χ3v) is 4.71. The van der Waals surface area contributed by atoms with Crippen molar-refractivity contribution in [1.29, 1.82) is 0 Å². The van der Waals surface area contributed by atoms with E-state index in [1.54, 1.807) is 19.2 Å². The topological polar surface area (TPSA) is 78.1 Å². The van der Waals surface area contributed by atoms with Crippen LogP contribution in [-0.4, -0.2) is 38.1 Å². The average Bonchev–Trinajstić information content (AvgIpc) is 2.96. The molecule has 3 N–H and O–H groups in total. The number of halogens is 1. The molecule has 132 valence electrons. The zero-order valence-electron chi connectivity index (χ0n) is 13.9. The minimum absolute atomic E-state index is 0.0390. The van der Waals surface area contributed by atoms with Gasteiger partial charge in [0.2, 0.25) is 0 Å². The smallest absolute Gasteiger partial charge is 0.193 e. The zero-order valence-corrected chi connectivity index (χ0v) is 14.6. The number of hydrogen-bond acceptors (Lipinski definition) is 4. The molecule has 1 saturated heterocycles. The lowest BCUT2D eigenvalue weighted by molar-refractivity contribution is -0.186. The van der Waals surface area contributed by atoms with Crippen LogP contribution in [0.25, 0.3) is 0 Å². The van der Waals surface area contributed by atoms with Crippen LogP contribution in [0.2, 0.25) is 5.02 Å². The van der Waals surface area contributed by atoms with E-state index >= 15 is 0 Å². The highest BCUT2D eigenvalue weighted by Crippen LogP contribution is 2.37. The summed E-state index contributed by atoms with van der Waals surface area (Å²) in [6, 6.07) is 5.35. The minimum Gasteiger partial charge on any atom is -0.495 e. The summed E-state index contributed by atoms with van der Waals surface area (Å²) >= 11 is 6.09. The van der Waals surface area contributed by atoms with E-state index in [-0.39, 0.29) is 11.9 Å². The maximum atomic E-state index is 6.09. The number of nitrogens with two attached hydrogens (primary N) is 1. The summed E-state index contributed by atoms with van der Waals surface area (Å²) < 4.78 is 17.1. The van der Waals surface area contributed by atoms with Crippen LogP contribution in [0, 0.1) is 0 Å². The van der Waals surface area contributed by atoms with E-state index in [1.165, 1.54) is 6.42 Å². The lowest BCUT2D eigenvalue weighted by Gasteiger charge is -2.31. The lowest BCUT2D eigenvalue weighted by Crippen LogP contribution is -2.34. The number of aliphatic imine (C=N–C) groups is 1. The first-order valence-corrected chi connectivity index (χ1v) is 8.70. The molecule has 1 unspecified atom stereocenters. The van der Waals surface area contributed by atoms with Gasteiger partial charge in [-0.3, -0.25) is 4.99 Å². The first-order chi connectivity index (χ1) is 11.6. The molecule has 2 aliphatic rings. The Hall–Kier alpha value is -1.50. The summed E-state index contributed by atoms with van der Waals surface area (Å²) in [5, 5.41) is 3.54. The van der Waals surface area contributed by atoms with Gasteiger partial charge in [0, 0.05) is 18.5 Å². The van der Waals surface area contributed by atoms with Gasteiger partial charge in [-0.05, 0) is 31.0 Å². The van der Waals surface area contributed by atoms with Gasteiger partial charge in [0.25, 0.3) is 0 Å². The molecule has 0 amide bonds. The van der Waals surface area contributed by atoms with Crippen molar-refractivity contribution in [3.05, 3.63) is 23.2 Å². The number of hydrogen-bond donors (Lipinski definition) is 2. The normalized spacial score (nSPS) is 23.4. The predicted molar refractivity (Wildman–Crippen MR) is 94.8 cm³/mol. The van der Waals surface area contributed by atoms with E-state index < -0.39 is 0 Å². The second kappa shape index (κ2) is 7.59. The molecule has 6 nitrogen and oxygen atoms in total. The van der Waals surface area contributed by atoms with Crippen LogP contribution in [0.15, 0.2) is 23.2 Å². The molecular weight excluding hydrogens is 330 g/mol. The fraction of sp³-hybridized carbons (Fsp3) is 0.588. The molecule has 1 heterocycles. The quantitative estimate of drug-likeness (QED) is 0.642. The van der Waals surface area contributed by atoms with Crippen molar-refractivity contribution in [1.82, 2.24) is 0 Å². The predicted octanol–water partition coefficient (Wildman–Crippen LogP) is 3.15. The van der Waals surface area contributed by atoms with E-state index in [2.05, 4.69) is 10.3 Å². The SMILES string of the molecule is COc1ccc(NC(N)=NCC2COC3(CCCCC3)O2)cc1Cl. The molecular formula is C17H24ClN3O3. The monoisotopic (exact) mass is 353 g/mol. The van der Waals surface area contributed by atoms with Crippen molar-refractivity contribution in [2.75, 3.05) is 25.6 Å². The van der Waals surface area contributed by atoms with E-state index in [0.717, 1.165) is 31.4 Å². The number of benzene rings is 1. The maximum absolute atomic E-state index is 6.09. The lowest BCUT2D eigenvalue weighted by atomic mass is 9.94. The van der Waals surface area contributed by atoms with E-state index in [0.29, 0.717) is 29.9 Å². The molecule has 1 aromatic rings. The Bertz CT molecular complexity index is 603. The molecule has 7 heteroatoms. The number of nitrogens with zero attached hydrogens (tertiary/aromatic N) is 1. The number of guanidine groups is 1. The van der Waals surface area contributed by atoms with E-state index in [4.69, 9.17) is 31.5 Å². The van der Waals surface area contributed by atoms with Crippen LogP contribution in [-0.2, 0) is 9.47 Å². The standard InChI is InChI=1S/C17H24ClN3O3/c1-22-15-6-5-12(9-14(15)18)21-16(19)20-10-13-11-23-17(24-13)7-3-2-4-8-17/h5-6,9,13H,2-4,7-8,10-11H2,1H3,(H3,19,20,21). The molecule has 0 bridgehead atoms. The van der Waals surface area contributed by atoms with E-state index in [9.17, 15) is 0 Å². The summed E-state index contributed by atoms with van der Waals surface area (Å²) in [6.45, 7) is 1.05. The van der Waals surface area contributed by atoms with Crippen LogP contribution < -0.4 is 15.8 Å². The maximum Gasteiger partial charge on any atom is 0.193 e. The second-order valence-electron chi connectivity index (χ2n) is 6.22. The van der Waals surface area contributed by atoms with Crippen LogP contribution in [0.4, 0.5) is 5.69 Å². The molecule has 1 aliphatic carbocycles. The third kappa shape index (κ3) is 4.12. The van der Waals surface area contributed by atoms with Crippen LogP contribution in [0.3, 0.4) is 0 Å². The van der Waals surface area contributed by atoms with Gasteiger partial charge >= 0.3 is 0 Å². The molecule has 2 fully saturated rings. The third-order valence-electron chi connectivity index (χ3n) is 4.42.